The van der Waals surface area contributed by atoms with Crippen molar-refractivity contribution in [2.75, 3.05) is 37.4 Å². The number of nitrogens with two attached hydrogens (primary N) is 1. The fourth-order valence-corrected chi connectivity index (χ4v) is 3.01. The van der Waals surface area contributed by atoms with E-state index in [1.54, 1.807) is 18.2 Å². The van der Waals surface area contributed by atoms with E-state index < -0.39 is 11.9 Å². The Labute approximate surface area is 182 Å². The van der Waals surface area contributed by atoms with Gasteiger partial charge in [-0.2, -0.15) is 0 Å². The molecular formula is C21H19N5O6. The van der Waals surface area contributed by atoms with E-state index in [-0.39, 0.29) is 29.4 Å². The Bertz CT molecular complexity index is 1170. The summed E-state index contributed by atoms with van der Waals surface area (Å²) in [5.74, 6) is 0.649. The van der Waals surface area contributed by atoms with E-state index in [9.17, 15) is 9.59 Å². The fraction of sp³-hybridized carbons (Fsp3) is 0.143. The second kappa shape index (κ2) is 8.68. The van der Waals surface area contributed by atoms with Crippen LogP contribution < -0.4 is 25.8 Å². The third kappa shape index (κ3) is 4.17. The molecule has 2 heterocycles. The van der Waals surface area contributed by atoms with Gasteiger partial charge in [0, 0.05) is 17.4 Å². The predicted octanol–water partition coefficient (Wildman–Crippen LogP) is 2.85. The minimum absolute atomic E-state index is 0.157. The minimum atomic E-state index is -0.611. The number of aromatic nitrogens is 2. The third-order valence-corrected chi connectivity index (χ3v) is 4.56. The van der Waals surface area contributed by atoms with Crippen LogP contribution in [0.1, 0.15) is 20.7 Å². The number of benzene rings is 2. The topological polar surface area (TPSA) is 147 Å². The van der Waals surface area contributed by atoms with Crippen LogP contribution in [-0.4, -0.2) is 42.9 Å². The highest BCUT2D eigenvalue weighted by Gasteiger charge is 2.17. The van der Waals surface area contributed by atoms with Gasteiger partial charge < -0.3 is 35.3 Å². The molecule has 0 spiro atoms. The highest BCUT2D eigenvalue weighted by Crippen LogP contribution is 2.36. The third-order valence-electron chi connectivity index (χ3n) is 4.56. The molecule has 0 fully saturated rings. The number of nitrogen functional groups attached to an aromatic ring is 1. The van der Waals surface area contributed by atoms with Crippen LogP contribution in [0.5, 0.6) is 11.5 Å². The van der Waals surface area contributed by atoms with Gasteiger partial charge in [-0.3, -0.25) is 0 Å². The number of ether oxygens (including phenoxy) is 4. The zero-order valence-electron chi connectivity index (χ0n) is 17.2. The first-order chi connectivity index (χ1) is 15.5. The van der Waals surface area contributed by atoms with Gasteiger partial charge in [-0.25, -0.2) is 19.6 Å². The van der Waals surface area contributed by atoms with Crippen LogP contribution >= 0.6 is 0 Å². The number of rotatable bonds is 6. The summed E-state index contributed by atoms with van der Waals surface area (Å²) >= 11 is 0. The van der Waals surface area contributed by atoms with E-state index in [0.717, 1.165) is 0 Å². The SMILES string of the molecule is COC(=O)c1cc(Nc2ncnc(Nc3ccc4c(c3)OCO4)c2N)cc(C(=O)OC)c1. The molecule has 1 aliphatic rings. The molecule has 164 valence electrons. The monoisotopic (exact) mass is 437 g/mol. The Morgan fingerprint density at radius 1 is 0.875 bits per heavy atom. The minimum Gasteiger partial charge on any atom is -0.465 e. The molecule has 11 nitrogen and oxygen atoms in total. The molecule has 0 saturated carbocycles. The smallest absolute Gasteiger partial charge is 0.337 e. The molecule has 11 heteroatoms. The second-order valence-electron chi connectivity index (χ2n) is 6.58. The summed E-state index contributed by atoms with van der Waals surface area (Å²) in [5, 5.41) is 6.11. The number of carbonyl (C=O) groups excluding carboxylic acids is 2. The van der Waals surface area contributed by atoms with Crippen LogP contribution in [0.4, 0.5) is 28.7 Å². The molecule has 0 saturated heterocycles. The molecule has 2 aromatic carbocycles. The Kier molecular flexibility index (Phi) is 5.62. The summed E-state index contributed by atoms with van der Waals surface area (Å²) in [5.41, 5.74) is 7.85. The van der Waals surface area contributed by atoms with Crippen molar-refractivity contribution in [2.45, 2.75) is 0 Å². The van der Waals surface area contributed by atoms with Crippen molar-refractivity contribution in [3.63, 3.8) is 0 Å². The largest absolute Gasteiger partial charge is 0.465 e. The van der Waals surface area contributed by atoms with E-state index in [1.165, 1.54) is 38.7 Å². The van der Waals surface area contributed by atoms with Crippen molar-refractivity contribution in [3.8, 4) is 11.5 Å². The summed E-state index contributed by atoms with van der Waals surface area (Å²) < 4.78 is 20.2. The first-order valence-corrected chi connectivity index (χ1v) is 9.34. The maximum Gasteiger partial charge on any atom is 0.337 e. The Hall–Kier alpha value is -4.54. The number of carbonyl (C=O) groups is 2. The van der Waals surface area contributed by atoms with Crippen molar-refractivity contribution in [3.05, 3.63) is 53.9 Å². The summed E-state index contributed by atoms with van der Waals surface area (Å²) in [6.45, 7) is 0.167. The summed E-state index contributed by atoms with van der Waals surface area (Å²) in [4.78, 5) is 32.3. The summed E-state index contributed by atoms with van der Waals surface area (Å²) in [6, 6.07) is 9.71. The van der Waals surface area contributed by atoms with Crippen molar-refractivity contribution in [2.24, 2.45) is 0 Å². The molecule has 0 aliphatic carbocycles. The van der Waals surface area contributed by atoms with Crippen molar-refractivity contribution >= 4 is 40.6 Å². The number of anilines is 5. The van der Waals surface area contributed by atoms with Gasteiger partial charge in [-0.05, 0) is 30.3 Å². The lowest BCUT2D eigenvalue weighted by atomic mass is 10.1. The molecule has 0 unspecified atom stereocenters. The van der Waals surface area contributed by atoms with E-state index >= 15 is 0 Å². The number of nitrogens with one attached hydrogen (secondary N) is 2. The van der Waals surface area contributed by atoms with Crippen molar-refractivity contribution in [1.29, 1.82) is 0 Å². The van der Waals surface area contributed by atoms with Crippen LogP contribution in [0.3, 0.4) is 0 Å². The molecule has 0 radical (unpaired) electrons. The van der Waals surface area contributed by atoms with Gasteiger partial charge >= 0.3 is 11.9 Å². The Balaban J connectivity index is 1.62. The molecule has 1 aliphatic heterocycles. The average molecular weight is 437 g/mol. The molecule has 0 bridgehead atoms. The molecule has 3 aromatic rings. The number of nitrogens with zero attached hydrogens (tertiary/aromatic N) is 2. The standard InChI is InChI=1S/C21H19N5O6/c1-29-20(27)11-5-12(21(28)30-2)7-14(6-11)26-19-17(22)18(23-9-24-19)25-13-3-4-15-16(8-13)32-10-31-15/h3-9H,10,22H2,1-2H3,(H2,23,24,25,26). The first kappa shape index (κ1) is 20.7. The molecule has 0 amide bonds. The zero-order valence-corrected chi connectivity index (χ0v) is 17.2. The highest BCUT2D eigenvalue weighted by atomic mass is 16.7. The number of methoxy groups -OCH3 is 2. The van der Waals surface area contributed by atoms with Gasteiger partial charge in [-0.15, -0.1) is 0 Å². The van der Waals surface area contributed by atoms with E-state index in [2.05, 4.69) is 20.6 Å². The lowest BCUT2D eigenvalue weighted by Crippen LogP contribution is -2.09. The molecule has 1 aromatic heterocycles. The Morgan fingerprint density at radius 2 is 1.47 bits per heavy atom. The predicted molar refractivity (Wildman–Crippen MR) is 115 cm³/mol. The maximum atomic E-state index is 12.0. The van der Waals surface area contributed by atoms with Crippen LogP contribution in [0.2, 0.25) is 0 Å². The zero-order chi connectivity index (χ0) is 22.7. The highest BCUT2D eigenvalue weighted by molar-refractivity contribution is 5.97. The number of hydrogen-bond donors (Lipinski definition) is 3. The van der Waals surface area contributed by atoms with Crippen LogP contribution in [-0.2, 0) is 9.47 Å². The van der Waals surface area contributed by atoms with Crippen LogP contribution in [0, 0.1) is 0 Å². The lowest BCUT2D eigenvalue weighted by Gasteiger charge is -2.14. The maximum absolute atomic E-state index is 12.0. The molecule has 0 atom stereocenters. The van der Waals surface area contributed by atoms with Gasteiger partial charge in [0.15, 0.2) is 23.1 Å². The quantitative estimate of drug-likeness (QED) is 0.489. The molecule has 4 rings (SSSR count). The van der Waals surface area contributed by atoms with Gasteiger partial charge in [-0.1, -0.05) is 0 Å². The lowest BCUT2D eigenvalue weighted by molar-refractivity contribution is 0.0599. The second-order valence-corrected chi connectivity index (χ2v) is 6.58. The van der Waals surface area contributed by atoms with E-state index in [1.807, 2.05) is 0 Å². The summed E-state index contributed by atoms with van der Waals surface area (Å²) in [7, 11) is 2.49. The van der Waals surface area contributed by atoms with Gasteiger partial charge in [0.2, 0.25) is 6.79 Å². The Morgan fingerprint density at radius 3 is 2.09 bits per heavy atom. The number of esters is 2. The fourth-order valence-electron chi connectivity index (χ4n) is 3.01. The number of hydrogen-bond acceptors (Lipinski definition) is 11. The normalized spacial score (nSPS) is 11.6. The first-order valence-electron chi connectivity index (χ1n) is 9.34. The van der Waals surface area contributed by atoms with Crippen LogP contribution in [0.15, 0.2) is 42.7 Å². The van der Waals surface area contributed by atoms with Gasteiger partial charge in [0.05, 0.1) is 25.3 Å². The van der Waals surface area contributed by atoms with Crippen molar-refractivity contribution in [1.82, 2.24) is 9.97 Å². The van der Waals surface area contributed by atoms with E-state index in [0.29, 0.717) is 28.7 Å². The van der Waals surface area contributed by atoms with Crippen LogP contribution in [0.25, 0.3) is 0 Å². The molecule has 4 N–H and O–H groups in total. The molecule has 32 heavy (non-hydrogen) atoms. The molecular weight excluding hydrogens is 418 g/mol. The summed E-state index contributed by atoms with van der Waals surface area (Å²) in [6.07, 6.45) is 1.32. The van der Waals surface area contributed by atoms with Gasteiger partial charge in [0.1, 0.15) is 12.0 Å². The number of fused-ring (bicyclic) bond motifs is 1. The average Bonchev–Trinajstić information content (AvgIpc) is 3.28. The van der Waals surface area contributed by atoms with E-state index in [4.69, 9.17) is 24.7 Å². The van der Waals surface area contributed by atoms with Gasteiger partial charge in [0.25, 0.3) is 0 Å². The van der Waals surface area contributed by atoms with Crippen molar-refractivity contribution < 1.29 is 28.5 Å².